The Morgan fingerprint density at radius 2 is 1.81 bits per heavy atom. The van der Waals surface area contributed by atoms with Gasteiger partial charge in [0.05, 0.1) is 45.1 Å². The van der Waals surface area contributed by atoms with Crippen LogP contribution in [0.3, 0.4) is 0 Å². The van der Waals surface area contributed by atoms with Crippen LogP contribution in [0.1, 0.15) is 62.5 Å². The van der Waals surface area contributed by atoms with Crippen molar-refractivity contribution in [2.75, 3.05) is 23.7 Å². The molecule has 0 aliphatic carbocycles. The number of hydrogen-bond donors (Lipinski definition) is 2. The first kappa shape index (κ1) is 32.3. The molecule has 1 aliphatic rings. The summed E-state index contributed by atoms with van der Waals surface area (Å²) >= 11 is 14.6. The van der Waals surface area contributed by atoms with Crippen molar-refractivity contribution in [3.63, 3.8) is 0 Å². The van der Waals surface area contributed by atoms with Gasteiger partial charge in [0, 0.05) is 46.3 Å². The molecule has 1 saturated heterocycles. The molecule has 0 bridgehead atoms. The summed E-state index contributed by atoms with van der Waals surface area (Å²) in [6, 6.07) is 18.7. The lowest BCUT2D eigenvalue weighted by atomic mass is 9.98. The number of anilines is 3. The number of nitrogens with zero attached hydrogens (tertiary/aromatic N) is 6. The Morgan fingerprint density at radius 1 is 1.02 bits per heavy atom. The number of thiophene rings is 1. The van der Waals surface area contributed by atoms with E-state index in [0.29, 0.717) is 38.6 Å². The van der Waals surface area contributed by atoms with Crippen LogP contribution in [0.4, 0.5) is 21.5 Å². The van der Waals surface area contributed by atoms with E-state index < -0.39 is 5.82 Å². The van der Waals surface area contributed by atoms with E-state index in [4.69, 9.17) is 28.3 Å². The van der Waals surface area contributed by atoms with Crippen LogP contribution in [0, 0.1) is 17.1 Å². The van der Waals surface area contributed by atoms with Gasteiger partial charge in [-0.15, -0.1) is 16.4 Å². The largest absolute Gasteiger partial charge is 0.373 e. The molecular formula is C36H33Cl2FN8S. The number of hydrogen-bond acceptors (Lipinski definition) is 8. The zero-order chi connectivity index (χ0) is 33.6. The van der Waals surface area contributed by atoms with Crippen LogP contribution >= 0.6 is 34.5 Å². The van der Waals surface area contributed by atoms with Gasteiger partial charge in [0.1, 0.15) is 17.6 Å². The predicted molar refractivity (Wildman–Crippen MR) is 193 cm³/mol. The van der Waals surface area contributed by atoms with Crippen LogP contribution < -0.4 is 10.6 Å². The van der Waals surface area contributed by atoms with Gasteiger partial charge in [0.2, 0.25) is 0 Å². The summed E-state index contributed by atoms with van der Waals surface area (Å²) in [5, 5.41) is 30.4. The first-order chi connectivity index (χ1) is 23.1. The van der Waals surface area contributed by atoms with E-state index in [1.807, 2.05) is 16.8 Å². The maximum Gasteiger partial charge on any atom is 0.141 e. The third-order valence-electron chi connectivity index (χ3n) is 8.97. The van der Waals surface area contributed by atoms with Crippen molar-refractivity contribution in [1.82, 2.24) is 24.9 Å². The number of benzene rings is 3. The molecule has 6 aromatic rings. The van der Waals surface area contributed by atoms with E-state index in [9.17, 15) is 9.65 Å². The number of piperidine rings is 1. The van der Waals surface area contributed by atoms with Gasteiger partial charge in [-0.3, -0.25) is 9.88 Å². The van der Waals surface area contributed by atoms with Crippen molar-refractivity contribution >= 4 is 72.6 Å². The molecule has 12 heteroatoms. The Labute approximate surface area is 292 Å². The highest BCUT2D eigenvalue weighted by Gasteiger charge is 2.29. The van der Waals surface area contributed by atoms with Gasteiger partial charge in [0.15, 0.2) is 0 Å². The summed E-state index contributed by atoms with van der Waals surface area (Å²) in [6.45, 7) is 8.79. The zero-order valence-corrected chi connectivity index (χ0v) is 29.0. The fourth-order valence-electron chi connectivity index (χ4n) is 6.34. The van der Waals surface area contributed by atoms with Gasteiger partial charge in [-0.25, -0.2) is 9.07 Å². The minimum atomic E-state index is -0.532. The van der Waals surface area contributed by atoms with Crippen molar-refractivity contribution in [3.05, 3.63) is 105 Å². The van der Waals surface area contributed by atoms with Gasteiger partial charge in [0.25, 0.3) is 0 Å². The van der Waals surface area contributed by atoms with Crippen molar-refractivity contribution in [2.24, 2.45) is 0 Å². The molecular weight excluding hydrogens is 666 g/mol. The molecule has 7 rings (SSSR count). The maximum atomic E-state index is 13.9. The highest BCUT2D eigenvalue weighted by atomic mass is 35.5. The van der Waals surface area contributed by atoms with Gasteiger partial charge in [-0.1, -0.05) is 34.5 Å². The van der Waals surface area contributed by atoms with Crippen LogP contribution in [-0.2, 0) is 0 Å². The average Bonchev–Trinajstić information content (AvgIpc) is 3.75. The van der Waals surface area contributed by atoms with Gasteiger partial charge >= 0.3 is 0 Å². The van der Waals surface area contributed by atoms with E-state index in [0.717, 1.165) is 42.6 Å². The molecule has 0 spiro atoms. The molecule has 0 saturated carbocycles. The number of fused-ring (bicyclic) bond motifs is 2. The highest BCUT2D eigenvalue weighted by molar-refractivity contribution is 7.17. The molecule has 2 N–H and O–H groups in total. The number of nitriles is 1. The zero-order valence-electron chi connectivity index (χ0n) is 26.6. The molecule has 0 amide bonds. The lowest BCUT2D eigenvalue weighted by Crippen LogP contribution is -2.46. The average molecular weight is 700 g/mol. The SMILES string of the molecule is CC(C)(C)N1CCC(n2cc([C@@H](Nc3cc(Cl)c4ncc(C#N)c(Nc5ccc(F)c(Cl)c5)c4c3)c3ccc4sccc4c3)nn2)CC1. The summed E-state index contributed by atoms with van der Waals surface area (Å²) in [5.41, 5.74) is 4.47. The fraction of sp³-hybridized carbons (Fsp3) is 0.278. The molecule has 0 radical (unpaired) electrons. The van der Waals surface area contributed by atoms with Crippen molar-refractivity contribution < 1.29 is 4.39 Å². The lowest BCUT2D eigenvalue weighted by Gasteiger charge is -2.40. The molecule has 3 aromatic carbocycles. The summed E-state index contributed by atoms with van der Waals surface area (Å²) in [5.74, 6) is -0.532. The quantitative estimate of drug-likeness (QED) is 0.171. The van der Waals surface area contributed by atoms with E-state index in [1.54, 1.807) is 17.4 Å². The standard InChI is InChI=1S/C36H33Cl2FN8S/c1-36(2,3)46-11-8-26(9-12-46)47-20-31(44-45-47)34(22-4-7-32-21(14-22)10-13-48-32)43-25-15-27-33(42-24-5-6-30(39)28(37)16-24)23(18-40)19-41-35(27)29(38)17-25/h4-7,10,13-17,19-20,26,34,43H,8-9,11-12H2,1-3H3,(H,41,42)/t34-/m0/s1. The minimum Gasteiger partial charge on any atom is -0.373 e. The Bertz CT molecular complexity index is 2180. The summed E-state index contributed by atoms with van der Waals surface area (Å²) in [7, 11) is 0. The number of likely N-dealkylation sites (tertiary alicyclic amines) is 1. The molecule has 1 fully saturated rings. The Balaban J connectivity index is 1.27. The van der Waals surface area contributed by atoms with Crippen molar-refractivity contribution in [2.45, 2.75) is 51.2 Å². The normalized spacial score (nSPS) is 15.1. The third-order valence-corrected chi connectivity index (χ3v) is 10.4. The van der Waals surface area contributed by atoms with Crippen LogP contribution in [0.25, 0.3) is 21.0 Å². The van der Waals surface area contributed by atoms with E-state index in [2.05, 4.69) is 88.4 Å². The number of rotatable bonds is 7. The number of halogens is 3. The summed E-state index contributed by atoms with van der Waals surface area (Å²) in [4.78, 5) is 7.01. The first-order valence-electron chi connectivity index (χ1n) is 15.7. The van der Waals surface area contributed by atoms with E-state index in [-0.39, 0.29) is 22.6 Å². The fourth-order valence-corrected chi connectivity index (χ4v) is 7.56. The Kier molecular flexibility index (Phi) is 8.73. The van der Waals surface area contributed by atoms with Gasteiger partial charge in [-0.05, 0) is 98.5 Å². The van der Waals surface area contributed by atoms with Crippen molar-refractivity contribution in [3.8, 4) is 6.07 Å². The highest BCUT2D eigenvalue weighted by Crippen LogP contribution is 2.38. The Morgan fingerprint density at radius 3 is 2.56 bits per heavy atom. The van der Waals surface area contributed by atoms with E-state index >= 15 is 0 Å². The third kappa shape index (κ3) is 6.43. The monoisotopic (exact) mass is 698 g/mol. The van der Waals surface area contributed by atoms with E-state index in [1.165, 1.54) is 23.0 Å². The van der Waals surface area contributed by atoms with Crippen LogP contribution in [-0.4, -0.2) is 43.5 Å². The van der Waals surface area contributed by atoms with Gasteiger partial charge in [-0.2, -0.15) is 5.26 Å². The molecule has 4 heterocycles. The summed E-state index contributed by atoms with van der Waals surface area (Å²) in [6.07, 6.45) is 5.53. The van der Waals surface area contributed by atoms with Crippen LogP contribution in [0.5, 0.6) is 0 Å². The first-order valence-corrected chi connectivity index (χ1v) is 17.4. The minimum absolute atomic E-state index is 0.0320. The molecule has 8 nitrogen and oxygen atoms in total. The second-order valence-corrected chi connectivity index (χ2v) is 14.8. The number of pyridine rings is 1. The molecule has 1 atom stereocenters. The molecule has 48 heavy (non-hydrogen) atoms. The topological polar surface area (TPSA) is 94.7 Å². The predicted octanol–water partition coefficient (Wildman–Crippen LogP) is 9.74. The molecule has 1 aliphatic heterocycles. The van der Waals surface area contributed by atoms with Crippen molar-refractivity contribution in [1.29, 1.82) is 5.26 Å². The second-order valence-electron chi connectivity index (χ2n) is 13.1. The lowest BCUT2D eigenvalue weighted by molar-refractivity contribution is 0.0866. The van der Waals surface area contributed by atoms with Crippen LogP contribution in [0.2, 0.25) is 10.0 Å². The maximum absolute atomic E-state index is 13.9. The second kappa shape index (κ2) is 13.0. The number of nitrogens with one attached hydrogen (secondary N) is 2. The Hall–Kier alpha value is -4.27. The smallest absolute Gasteiger partial charge is 0.141 e. The van der Waals surface area contributed by atoms with Gasteiger partial charge < -0.3 is 10.6 Å². The molecule has 0 unspecified atom stereocenters. The molecule has 3 aromatic heterocycles. The summed E-state index contributed by atoms with van der Waals surface area (Å²) < 4.78 is 17.1. The number of aromatic nitrogens is 4. The van der Waals surface area contributed by atoms with Crippen LogP contribution in [0.15, 0.2) is 72.4 Å². The molecule has 244 valence electrons.